The first kappa shape index (κ1) is 16.3. The van der Waals surface area contributed by atoms with E-state index in [1.54, 1.807) is 0 Å². The molecule has 0 aliphatic heterocycles. The average Bonchev–Trinajstić information content (AvgIpc) is 2.63. The second-order valence-corrected chi connectivity index (χ2v) is 8.89. The molecule has 1 N–H and O–H groups in total. The van der Waals surface area contributed by atoms with Gasteiger partial charge in [0.25, 0.3) is 0 Å². The van der Waals surface area contributed by atoms with E-state index in [0.717, 1.165) is 12.0 Å². The zero-order valence-electron chi connectivity index (χ0n) is 14.6. The Morgan fingerprint density at radius 3 is 2.15 bits per heavy atom. The Balaban J connectivity index is 1.87. The van der Waals surface area contributed by atoms with Crippen molar-refractivity contribution in [1.29, 1.82) is 0 Å². The van der Waals surface area contributed by atoms with Gasteiger partial charge in [-0.15, -0.1) is 0 Å². The SMILES string of the molecule is CNC1C(CN(C)C2CCC(C)(C)CC2)CCC1(C)C. The Morgan fingerprint density at radius 1 is 1.00 bits per heavy atom. The van der Waals surface area contributed by atoms with Crippen LogP contribution >= 0.6 is 0 Å². The molecule has 2 atom stereocenters. The molecule has 2 aliphatic rings. The van der Waals surface area contributed by atoms with E-state index in [9.17, 15) is 0 Å². The van der Waals surface area contributed by atoms with Gasteiger partial charge in [0.05, 0.1) is 0 Å². The highest BCUT2D eigenvalue weighted by molar-refractivity contribution is 4.97. The summed E-state index contributed by atoms with van der Waals surface area (Å²) in [5.41, 5.74) is 1.05. The van der Waals surface area contributed by atoms with Gasteiger partial charge in [0.15, 0.2) is 0 Å². The van der Waals surface area contributed by atoms with E-state index in [0.29, 0.717) is 16.9 Å². The molecular weight excluding hydrogens is 244 g/mol. The molecule has 0 aromatic rings. The van der Waals surface area contributed by atoms with Gasteiger partial charge in [0.1, 0.15) is 0 Å². The first-order valence-electron chi connectivity index (χ1n) is 8.63. The maximum atomic E-state index is 3.60. The minimum absolute atomic E-state index is 0.467. The van der Waals surface area contributed by atoms with E-state index in [1.165, 1.54) is 45.1 Å². The third kappa shape index (κ3) is 3.57. The molecule has 0 saturated heterocycles. The molecule has 118 valence electrons. The fraction of sp³-hybridized carbons (Fsp3) is 1.00. The molecule has 2 saturated carbocycles. The van der Waals surface area contributed by atoms with Crippen LogP contribution in [0.3, 0.4) is 0 Å². The molecule has 0 heterocycles. The summed E-state index contributed by atoms with van der Waals surface area (Å²) in [4.78, 5) is 2.67. The average molecular weight is 280 g/mol. The molecule has 0 aromatic heterocycles. The molecule has 2 aliphatic carbocycles. The van der Waals surface area contributed by atoms with Crippen LogP contribution in [-0.4, -0.2) is 37.6 Å². The summed E-state index contributed by atoms with van der Waals surface area (Å²) < 4.78 is 0. The normalized spacial score (nSPS) is 33.8. The number of rotatable bonds is 4. The maximum Gasteiger partial charge on any atom is 0.0156 e. The Morgan fingerprint density at radius 2 is 1.60 bits per heavy atom. The summed E-state index contributed by atoms with van der Waals surface area (Å²) in [5.74, 6) is 0.829. The molecule has 2 rings (SSSR count). The zero-order chi connectivity index (χ0) is 15.0. The van der Waals surface area contributed by atoms with Gasteiger partial charge >= 0.3 is 0 Å². The van der Waals surface area contributed by atoms with Crippen LogP contribution in [-0.2, 0) is 0 Å². The van der Waals surface area contributed by atoms with Crippen molar-refractivity contribution in [3.8, 4) is 0 Å². The fourth-order valence-corrected chi connectivity index (χ4v) is 4.68. The van der Waals surface area contributed by atoms with Crippen LogP contribution in [0.1, 0.15) is 66.2 Å². The molecule has 2 unspecified atom stereocenters. The highest BCUT2D eigenvalue weighted by atomic mass is 15.1. The third-order valence-corrected chi connectivity index (χ3v) is 6.24. The monoisotopic (exact) mass is 280 g/mol. The first-order valence-corrected chi connectivity index (χ1v) is 8.63. The van der Waals surface area contributed by atoms with E-state index in [-0.39, 0.29) is 0 Å². The van der Waals surface area contributed by atoms with Gasteiger partial charge in [0.2, 0.25) is 0 Å². The molecule has 0 bridgehead atoms. The predicted octanol–water partition coefficient (Wildman–Crippen LogP) is 3.91. The van der Waals surface area contributed by atoms with Crippen LogP contribution in [0.15, 0.2) is 0 Å². The third-order valence-electron chi connectivity index (χ3n) is 6.24. The van der Waals surface area contributed by atoms with Crippen molar-refractivity contribution in [2.24, 2.45) is 16.7 Å². The van der Waals surface area contributed by atoms with Gasteiger partial charge < -0.3 is 10.2 Å². The highest BCUT2D eigenvalue weighted by Crippen LogP contribution is 2.42. The Bertz CT molecular complexity index is 311. The molecule has 2 heteroatoms. The highest BCUT2D eigenvalue weighted by Gasteiger charge is 2.41. The molecule has 0 aromatic carbocycles. The molecule has 0 spiro atoms. The van der Waals surface area contributed by atoms with Crippen LogP contribution in [0.25, 0.3) is 0 Å². The summed E-state index contributed by atoms with van der Waals surface area (Å²) in [6, 6.07) is 1.51. The van der Waals surface area contributed by atoms with Crippen molar-refractivity contribution in [2.75, 3.05) is 20.6 Å². The molecule has 0 radical (unpaired) electrons. The van der Waals surface area contributed by atoms with E-state index in [2.05, 4.69) is 52.0 Å². The van der Waals surface area contributed by atoms with E-state index < -0.39 is 0 Å². The van der Waals surface area contributed by atoms with Gasteiger partial charge in [-0.2, -0.15) is 0 Å². The summed E-state index contributed by atoms with van der Waals surface area (Å²) in [6.07, 6.45) is 8.34. The lowest BCUT2D eigenvalue weighted by Crippen LogP contribution is -2.46. The first-order chi connectivity index (χ1) is 9.25. The van der Waals surface area contributed by atoms with Gasteiger partial charge in [-0.1, -0.05) is 27.7 Å². The van der Waals surface area contributed by atoms with Crippen LogP contribution in [0.2, 0.25) is 0 Å². The van der Waals surface area contributed by atoms with Crippen molar-refractivity contribution in [3.05, 3.63) is 0 Å². The number of hydrogen-bond donors (Lipinski definition) is 1. The van der Waals surface area contributed by atoms with Crippen molar-refractivity contribution < 1.29 is 0 Å². The lowest BCUT2D eigenvalue weighted by atomic mass is 9.75. The quantitative estimate of drug-likeness (QED) is 0.840. The summed E-state index contributed by atoms with van der Waals surface area (Å²) in [6.45, 7) is 11.0. The largest absolute Gasteiger partial charge is 0.316 e. The molecule has 20 heavy (non-hydrogen) atoms. The predicted molar refractivity (Wildman–Crippen MR) is 88.0 cm³/mol. The minimum atomic E-state index is 0.467. The summed E-state index contributed by atoms with van der Waals surface area (Å²) in [7, 11) is 4.51. The smallest absolute Gasteiger partial charge is 0.0156 e. The maximum absolute atomic E-state index is 3.60. The van der Waals surface area contributed by atoms with Crippen LogP contribution < -0.4 is 5.32 Å². The molecule has 0 amide bonds. The Hall–Kier alpha value is -0.0800. The summed E-state index contributed by atoms with van der Waals surface area (Å²) in [5, 5.41) is 3.60. The fourth-order valence-electron chi connectivity index (χ4n) is 4.68. The van der Waals surface area contributed by atoms with Crippen molar-refractivity contribution >= 4 is 0 Å². The Kier molecular flexibility index (Phi) is 4.86. The van der Waals surface area contributed by atoms with Crippen LogP contribution in [0, 0.1) is 16.7 Å². The number of hydrogen-bond acceptors (Lipinski definition) is 2. The second kappa shape index (κ2) is 5.96. The van der Waals surface area contributed by atoms with E-state index in [1.807, 2.05) is 0 Å². The van der Waals surface area contributed by atoms with E-state index in [4.69, 9.17) is 0 Å². The van der Waals surface area contributed by atoms with Gasteiger partial charge in [-0.05, 0) is 69.4 Å². The molecular formula is C18H36N2. The van der Waals surface area contributed by atoms with Crippen LogP contribution in [0.4, 0.5) is 0 Å². The van der Waals surface area contributed by atoms with Gasteiger partial charge in [-0.3, -0.25) is 0 Å². The number of nitrogens with one attached hydrogen (secondary N) is 1. The van der Waals surface area contributed by atoms with Crippen LogP contribution in [0.5, 0.6) is 0 Å². The topological polar surface area (TPSA) is 15.3 Å². The molecule has 2 fully saturated rings. The van der Waals surface area contributed by atoms with Crippen molar-refractivity contribution in [2.45, 2.75) is 78.3 Å². The Labute approximate surface area is 126 Å². The number of nitrogens with zero attached hydrogens (tertiary/aromatic N) is 1. The van der Waals surface area contributed by atoms with E-state index >= 15 is 0 Å². The van der Waals surface area contributed by atoms with Crippen molar-refractivity contribution in [3.63, 3.8) is 0 Å². The summed E-state index contributed by atoms with van der Waals surface area (Å²) >= 11 is 0. The lowest BCUT2D eigenvalue weighted by Gasteiger charge is -2.40. The molecule has 2 nitrogen and oxygen atoms in total. The second-order valence-electron chi connectivity index (χ2n) is 8.89. The van der Waals surface area contributed by atoms with Crippen molar-refractivity contribution in [1.82, 2.24) is 10.2 Å². The standard InChI is InChI=1S/C18H36N2/c1-17(2)10-8-15(9-11-17)20(6)13-14-7-12-18(3,4)16(14)19-5/h14-16,19H,7-13H2,1-6H3. The van der Waals surface area contributed by atoms with Gasteiger partial charge in [-0.25, -0.2) is 0 Å². The zero-order valence-corrected chi connectivity index (χ0v) is 14.6. The minimum Gasteiger partial charge on any atom is -0.316 e. The lowest BCUT2D eigenvalue weighted by molar-refractivity contribution is 0.106. The van der Waals surface area contributed by atoms with Gasteiger partial charge in [0, 0.05) is 18.6 Å².